The van der Waals surface area contributed by atoms with Crippen LogP contribution in [-0.4, -0.2) is 33.1 Å². The van der Waals surface area contributed by atoms with Gasteiger partial charge in [-0.05, 0) is 192 Å². The predicted molar refractivity (Wildman–Crippen MR) is 331 cm³/mol. The van der Waals surface area contributed by atoms with Crippen LogP contribution in [-0.2, 0) is 27.1 Å². The number of benzene rings is 8. The van der Waals surface area contributed by atoms with Crippen molar-refractivity contribution in [2.24, 2.45) is 0 Å². The zero-order valence-electron chi connectivity index (χ0n) is 48.4. The van der Waals surface area contributed by atoms with E-state index in [1.54, 1.807) is 0 Å². The lowest BCUT2D eigenvalue weighted by atomic mass is 9.33. The van der Waals surface area contributed by atoms with Gasteiger partial charge in [-0.25, -0.2) is 0 Å². The molecule has 81 heavy (non-hydrogen) atoms. The average Bonchev–Trinajstić information content (AvgIpc) is 4.24. The van der Waals surface area contributed by atoms with Gasteiger partial charge in [0.05, 0.1) is 5.69 Å². The maximum Gasteiger partial charge on any atom is 0.252 e. The Labute approximate surface area is 476 Å². The van der Waals surface area contributed by atoms with Crippen molar-refractivity contribution in [3.63, 3.8) is 0 Å². The van der Waals surface area contributed by atoms with Crippen LogP contribution in [0.5, 0.6) is 23.0 Å². The number of nitrogens with zero attached hydrogens (tertiary/aromatic N) is 2. The van der Waals surface area contributed by atoms with Gasteiger partial charge in [0.1, 0.15) is 37.8 Å². The third-order valence-electron chi connectivity index (χ3n) is 20.3. The van der Waals surface area contributed by atoms with Gasteiger partial charge in [0, 0.05) is 56.9 Å². The normalized spacial score (nSPS) is 19.2. The SMILES string of the molecule is CC1(C)CCC(C)(C)c2cc(N3c4cc5c(cc4B4c6cc7c(cc6N(c6ccc8c(c6)OCCO8)c6cc(-c8ccc9c(c8)C(C)(C)c8cc(-c%10cc%11ccccc%11o%10)ccc8-9)cc3c64)OCCO7)C(C)(C)CCC5(C)C)ccc21. The standard InChI is InChI=1S/C73H69BN2O5/c1-69(2)23-24-70(3,4)53-36-46(17-21-50(53)69)75-58-39-55-54(71(5,6)25-26-72(55,7)8)38-56(58)74-57-40-66-67(80-30-29-79-66)41-59(57)76(47-18-22-63-65(37-47)78-28-27-77-63)61-34-45(33-60(75)68(61)74)42-15-19-48-49-20-16-44(32-52(49)73(9,10)51(48)31-42)64-35-43-13-11-12-14-62(43)81-64/h11-22,31-41H,23-30H2,1-10H3. The number of fused-ring (bicyclic) bond motifs is 12. The van der Waals surface area contributed by atoms with Crippen LogP contribution in [0.1, 0.15) is 128 Å². The molecule has 0 saturated heterocycles. The quantitative estimate of drug-likeness (QED) is 0.163. The number of para-hydroxylation sites is 1. The number of ether oxygens (including phenoxy) is 4. The van der Waals surface area contributed by atoms with Crippen molar-refractivity contribution in [1.82, 2.24) is 0 Å². The minimum absolute atomic E-state index is 0.00190. The van der Waals surface area contributed by atoms with E-state index in [-0.39, 0.29) is 33.8 Å². The van der Waals surface area contributed by atoms with Gasteiger partial charge in [0.2, 0.25) is 0 Å². The maximum atomic E-state index is 6.55. The van der Waals surface area contributed by atoms with Crippen molar-refractivity contribution in [3.05, 3.63) is 173 Å². The zero-order valence-corrected chi connectivity index (χ0v) is 48.4. The summed E-state index contributed by atoms with van der Waals surface area (Å²) < 4.78 is 32.1. The molecule has 0 unspecified atom stereocenters. The molecule has 404 valence electrons. The molecule has 8 heteroatoms. The van der Waals surface area contributed by atoms with Crippen molar-refractivity contribution >= 4 is 68.2 Å². The van der Waals surface area contributed by atoms with Crippen LogP contribution in [0.2, 0.25) is 0 Å². The first kappa shape index (κ1) is 49.0. The summed E-state index contributed by atoms with van der Waals surface area (Å²) in [6.07, 6.45) is 4.54. The van der Waals surface area contributed by atoms with E-state index in [2.05, 4.69) is 206 Å². The summed E-state index contributed by atoms with van der Waals surface area (Å²) in [7, 11) is 0. The van der Waals surface area contributed by atoms with Gasteiger partial charge < -0.3 is 33.2 Å². The molecule has 0 N–H and O–H groups in total. The number of anilines is 6. The Morgan fingerprint density at radius 2 is 0.901 bits per heavy atom. The topological polar surface area (TPSA) is 56.5 Å². The van der Waals surface area contributed by atoms with Gasteiger partial charge in [-0.15, -0.1) is 0 Å². The second-order valence-electron chi connectivity index (χ2n) is 27.4. The van der Waals surface area contributed by atoms with Gasteiger partial charge in [-0.2, -0.15) is 0 Å². The fourth-order valence-electron chi connectivity index (χ4n) is 15.4. The molecule has 4 aliphatic heterocycles. The highest BCUT2D eigenvalue weighted by Crippen LogP contribution is 2.56. The third kappa shape index (κ3) is 7.13. The molecule has 0 atom stereocenters. The van der Waals surface area contributed by atoms with Crippen LogP contribution in [0.15, 0.2) is 144 Å². The van der Waals surface area contributed by atoms with E-state index in [0.29, 0.717) is 26.4 Å². The van der Waals surface area contributed by atoms with Crippen molar-refractivity contribution in [2.75, 3.05) is 36.2 Å². The van der Waals surface area contributed by atoms with Gasteiger partial charge in [0.15, 0.2) is 23.0 Å². The first-order chi connectivity index (χ1) is 38.8. The Kier molecular flexibility index (Phi) is 10.1. The second kappa shape index (κ2) is 16.6. The Balaban J connectivity index is 0.973. The van der Waals surface area contributed by atoms with E-state index in [1.165, 1.54) is 83.5 Å². The van der Waals surface area contributed by atoms with Crippen molar-refractivity contribution in [1.29, 1.82) is 0 Å². The van der Waals surface area contributed by atoms with Crippen LogP contribution >= 0.6 is 0 Å². The van der Waals surface area contributed by atoms with Gasteiger partial charge >= 0.3 is 0 Å². The molecule has 0 radical (unpaired) electrons. The molecule has 0 amide bonds. The molecule has 7 nitrogen and oxygen atoms in total. The Morgan fingerprint density at radius 3 is 1.57 bits per heavy atom. The van der Waals surface area contributed by atoms with Crippen LogP contribution in [0, 0.1) is 0 Å². The van der Waals surface area contributed by atoms with E-state index in [1.807, 2.05) is 12.1 Å². The highest BCUT2D eigenvalue weighted by Gasteiger charge is 2.48. The van der Waals surface area contributed by atoms with E-state index in [4.69, 9.17) is 23.4 Å². The van der Waals surface area contributed by atoms with E-state index >= 15 is 0 Å². The fraction of sp³-hybridized carbons (Fsp3) is 0.315. The first-order valence-electron chi connectivity index (χ1n) is 29.6. The molecule has 9 aromatic rings. The fourth-order valence-corrected chi connectivity index (χ4v) is 15.4. The largest absolute Gasteiger partial charge is 0.486 e. The lowest BCUT2D eigenvalue weighted by Crippen LogP contribution is -2.62. The molecule has 5 heterocycles. The van der Waals surface area contributed by atoms with Crippen LogP contribution in [0.3, 0.4) is 0 Å². The third-order valence-corrected chi connectivity index (χ3v) is 20.3. The van der Waals surface area contributed by atoms with E-state index in [9.17, 15) is 0 Å². The lowest BCUT2D eigenvalue weighted by Gasteiger charge is -2.48. The molecule has 16 rings (SSSR count). The number of hydrogen-bond donors (Lipinski definition) is 0. The van der Waals surface area contributed by atoms with E-state index < -0.39 is 0 Å². The minimum atomic E-state index is -0.290. The Hall–Kier alpha value is -7.84. The summed E-state index contributed by atoms with van der Waals surface area (Å²) >= 11 is 0. The van der Waals surface area contributed by atoms with Gasteiger partial charge in [-0.1, -0.05) is 124 Å². The Bertz CT molecular complexity index is 4180. The van der Waals surface area contributed by atoms with Gasteiger partial charge in [0.25, 0.3) is 6.71 Å². The summed E-state index contributed by atoms with van der Waals surface area (Å²) in [5.41, 5.74) is 25.6. The molecule has 8 aromatic carbocycles. The molecule has 0 saturated carbocycles. The number of rotatable bonds is 4. The monoisotopic (exact) mass is 1060 g/mol. The summed E-state index contributed by atoms with van der Waals surface area (Å²) in [5, 5.41) is 1.11. The lowest BCUT2D eigenvalue weighted by molar-refractivity contribution is 0.171. The number of furan rings is 1. The Morgan fingerprint density at radius 1 is 0.383 bits per heavy atom. The molecule has 3 aliphatic carbocycles. The van der Waals surface area contributed by atoms with Crippen molar-refractivity contribution in [3.8, 4) is 56.6 Å². The predicted octanol–water partition coefficient (Wildman–Crippen LogP) is 16.4. The smallest absolute Gasteiger partial charge is 0.252 e. The molecular formula is C73H69BN2O5. The molecular weight excluding hydrogens is 996 g/mol. The number of hydrogen-bond acceptors (Lipinski definition) is 7. The molecule has 0 bridgehead atoms. The van der Waals surface area contributed by atoms with Crippen LogP contribution in [0.25, 0.3) is 44.5 Å². The van der Waals surface area contributed by atoms with Crippen LogP contribution in [0.4, 0.5) is 34.1 Å². The first-order valence-corrected chi connectivity index (χ1v) is 29.6. The highest BCUT2D eigenvalue weighted by molar-refractivity contribution is 7.00. The van der Waals surface area contributed by atoms with Crippen molar-refractivity contribution < 1.29 is 23.4 Å². The van der Waals surface area contributed by atoms with Crippen LogP contribution < -0.4 is 45.1 Å². The second-order valence-corrected chi connectivity index (χ2v) is 27.4. The summed E-state index contributed by atoms with van der Waals surface area (Å²) in [6.45, 7) is 26.3. The average molecular weight is 1070 g/mol. The molecule has 0 spiro atoms. The summed E-state index contributed by atoms with van der Waals surface area (Å²) in [4.78, 5) is 5.15. The van der Waals surface area contributed by atoms with Gasteiger partial charge in [-0.3, -0.25) is 0 Å². The molecule has 7 aliphatic rings. The zero-order chi connectivity index (χ0) is 55.3. The molecule has 1 aromatic heterocycles. The molecule has 0 fully saturated rings. The van der Waals surface area contributed by atoms with E-state index in [0.717, 1.165) is 93.6 Å². The maximum absolute atomic E-state index is 6.55. The summed E-state index contributed by atoms with van der Waals surface area (Å²) in [5.74, 6) is 3.95. The van der Waals surface area contributed by atoms with Crippen molar-refractivity contribution in [2.45, 2.75) is 122 Å². The summed E-state index contributed by atoms with van der Waals surface area (Å²) in [6, 6.07) is 53.3. The highest BCUT2D eigenvalue weighted by atomic mass is 16.6. The minimum Gasteiger partial charge on any atom is -0.486 e.